The lowest BCUT2D eigenvalue weighted by Crippen LogP contribution is -2.52. The average Bonchev–Trinajstić information content (AvgIpc) is 2.98. The van der Waals surface area contributed by atoms with Crippen LogP contribution in [0, 0.1) is 0 Å². The Morgan fingerprint density at radius 3 is 2.50 bits per heavy atom. The van der Waals surface area contributed by atoms with Gasteiger partial charge in [-0.1, -0.05) is 18.2 Å². The second kappa shape index (κ2) is 5.52. The standard InChI is InChI=1S/C14H18N4O2/c15-14(19)12-10-13(16-20-12)18-8-6-17(7-9-18)11-4-2-1-3-5-11/h1-5,10,13,16H,6-9H2,(H2,15,19). The number of nitrogens with zero attached hydrogens (tertiary/aromatic N) is 2. The van der Waals surface area contributed by atoms with Crippen LogP contribution in [0.15, 0.2) is 42.2 Å². The maximum absolute atomic E-state index is 11.0. The summed E-state index contributed by atoms with van der Waals surface area (Å²) in [6.07, 6.45) is 1.66. The van der Waals surface area contributed by atoms with E-state index in [0.717, 1.165) is 26.2 Å². The Labute approximate surface area is 117 Å². The quantitative estimate of drug-likeness (QED) is 0.814. The molecule has 6 heteroatoms. The number of para-hydroxylation sites is 1. The SMILES string of the molecule is NC(=O)C1=CC(N2CCN(c3ccccc3)CC2)NO1. The van der Waals surface area contributed by atoms with Crippen molar-refractivity contribution in [1.29, 1.82) is 0 Å². The number of hydrogen-bond donors (Lipinski definition) is 2. The van der Waals surface area contributed by atoms with Crippen LogP contribution >= 0.6 is 0 Å². The number of benzene rings is 1. The normalized spacial score (nSPS) is 23.3. The van der Waals surface area contributed by atoms with E-state index in [1.165, 1.54) is 5.69 Å². The molecule has 2 aliphatic heterocycles. The largest absolute Gasteiger partial charge is 0.401 e. The molecule has 3 N–H and O–H groups in total. The average molecular weight is 274 g/mol. The molecule has 106 valence electrons. The molecule has 1 saturated heterocycles. The smallest absolute Gasteiger partial charge is 0.286 e. The van der Waals surface area contributed by atoms with Crippen molar-refractivity contribution >= 4 is 11.6 Å². The van der Waals surface area contributed by atoms with Crippen LogP contribution in [0.25, 0.3) is 0 Å². The minimum atomic E-state index is -0.539. The number of hydroxylamine groups is 1. The van der Waals surface area contributed by atoms with E-state index in [9.17, 15) is 4.79 Å². The third-order valence-corrected chi connectivity index (χ3v) is 3.67. The van der Waals surface area contributed by atoms with Gasteiger partial charge in [0.1, 0.15) is 6.17 Å². The van der Waals surface area contributed by atoms with Crippen molar-refractivity contribution in [1.82, 2.24) is 10.4 Å². The van der Waals surface area contributed by atoms with Crippen LogP contribution in [-0.4, -0.2) is 43.2 Å². The molecule has 1 atom stereocenters. The van der Waals surface area contributed by atoms with Crippen molar-refractivity contribution in [3.8, 4) is 0 Å². The predicted molar refractivity (Wildman–Crippen MR) is 75.5 cm³/mol. The number of hydrogen-bond acceptors (Lipinski definition) is 5. The molecule has 0 saturated carbocycles. The Hall–Kier alpha value is -2.05. The van der Waals surface area contributed by atoms with E-state index in [1.807, 2.05) is 6.07 Å². The van der Waals surface area contributed by atoms with Gasteiger partial charge >= 0.3 is 0 Å². The zero-order valence-electron chi connectivity index (χ0n) is 11.2. The second-order valence-electron chi connectivity index (χ2n) is 4.92. The summed E-state index contributed by atoms with van der Waals surface area (Å²) >= 11 is 0. The van der Waals surface area contributed by atoms with E-state index in [2.05, 4.69) is 39.5 Å². The maximum Gasteiger partial charge on any atom is 0.286 e. The van der Waals surface area contributed by atoms with Gasteiger partial charge in [0.15, 0.2) is 0 Å². The summed E-state index contributed by atoms with van der Waals surface area (Å²) < 4.78 is 0. The van der Waals surface area contributed by atoms with Crippen LogP contribution in [-0.2, 0) is 9.63 Å². The molecule has 1 unspecified atom stereocenters. The molecule has 1 fully saturated rings. The summed E-state index contributed by atoms with van der Waals surface area (Å²) in [7, 11) is 0. The molecule has 1 aromatic carbocycles. The van der Waals surface area contributed by atoms with Crippen LogP contribution in [0.2, 0.25) is 0 Å². The molecule has 0 aliphatic carbocycles. The number of amides is 1. The summed E-state index contributed by atoms with van der Waals surface area (Å²) in [6.45, 7) is 3.70. The molecule has 2 aliphatic rings. The van der Waals surface area contributed by atoms with Gasteiger partial charge in [-0.25, -0.2) is 0 Å². The van der Waals surface area contributed by atoms with E-state index in [1.54, 1.807) is 6.08 Å². The van der Waals surface area contributed by atoms with Gasteiger partial charge in [-0.2, -0.15) is 0 Å². The lowest BCUT2D eigenvalue weighted by Gasteiger charge is -2.37. The number of rotatable bonds is 3. The minimum absolute atomic E-state index is 0.0737. The van der Waals surface area contributed by atoms with E-state index in [-0.39, 0.29) is 11.9 Å². The number of nitrogens with one attached hydrogen (secondary N) is 1. The van der Waals surface area contributed by atoms with Crippen LogP contribution in [0.5, 0.6) is 0 Å². The molecule has 3 rings (SSSR count). The van der Waals surface area contributed by atoms with Gasteiger partial charge in [-0.3, -0.25) is 9.69 Å². The number of piperazine rings is 1. The van der Waals surface area contributed by atoms with Crippen molar-refractivity contribution in [2.75, 3.05) is 31.1 Å². The Morgan fingerprint density at radius 1 is 1.20 bits per heavy atom. The van der Waals surface area contributed by atoms with E-state index in [4.69, 9.17) is 10.6 Å². The highest BCUT2D eigenvalue weighted by atomic mass is 16.7. The highest BCUT2D eigenvalue weighted by molar-refractivity contribution is 5.90. The highest BCUT2D eigenvalue weighted by Gasteiger charge is 2.28. The van der Waals surface area contributed by atoms with Crippen LogP contribution in [0.1, 0.15) is 0 Å². The molecular weight excluding hydrogens is 256 g/mol. The molecule has 0 spiro atoms. The number of anilines is 1. The molecule has 2 heterocycles. The highest BCUT2D eigenvalue weighted by Crippen LogP contribution is 2.18. The molecule has 0 aromatic heterocycles. The third-order valence-electron chi connectivity index (χ3n) is 3.67. The van der Waals surface area contributed by atoms with Crippen LogP contribution in [0.3, 0.4) is 0 Å². The Morgan fingerprint density at radius 2 is 1.90 bits per heavy atom. The van der Waals surface area contributed by atoms with Gasteiger partial charge in [0.05, 0.1) is 0 Å². The van der Waals surface area contributed by atoms with Crippen molar-refractivity contribution in [2.45, 2.75) is 6.17 Å². The van der Waals surface area contributed by atoms with Gasteiger partial charge in [-0.15, -0.1) is 5.48 Å². The zero-order chi connectivity index (χ0) is 13.9. The first kappa shape index (κ1) is 13.0. The summed E-state index contributed by atoms with van der Waals surface area (Å²) in [4.78, 5) is 20.7. The summed E-state index contributed by atoms with van der Waals surface area (Å²) in [5, 5.41) is 0. The topological polar surface area (TPSA) is 70.8 Å². The van der Waals surface area contributed by atoms with Gasteiger partial charge < -0.3 is 15.5 Å². The molecule has 20 heavy (non-hydrogen) atoms. The summed E-state index contributed by atoms with van der Waals surface area (Å²) in [6, 6.07) is 10.4. The fourth-order valence-electron chi connectivity index (χ4n) is 2.54. The fourth-order valence-corrected chi connectivity index (χ4v) is 2.54. The third kappa shape index (κ3) is 2.61. The molecular formula is C14H18N4O2. The molecule has 1 amide bonds. The van der Waals surface area contributed by atoms with E-state index in [0.29, 0.717) is 0 Å². The lowest BCUT2D eigenvalue weighted by molar-refractivity contribution is -0.118. The number of nitrogens with two attached hydrogens (primary N) is 1. The second-order valence-corrected chi connectivity index (χ2v) is 4.92. The first-order valence-electron chi connectivity index (χ1n) is 6.72. The lowest BCUT2D eigenvalue weighted by atomic mass is 10.2. The zero-order valence-corrected chi connectivity index (χ0v) is 11.2. The number of carbonyl (C=O) groups excluding carboxylic acids is 1. The molecule has 6 nitrogen and oxygen atoms in total. The summed E-state index contributed by atoms with van der Waals surface area (Å²) in [5.74, 6) is -0.344. The number of carbonyl (C=O) groups is 1. The van der Waals surface area contributed by atoms with E-state index < -0.39 is 5.91 Å². The Kier molecular flexibility index (Phi) is 3.58. The molecule has 0 bridgehead atoms. The van der Waals surface area contributed by atoms with Crippen molar-refractivity contribution in [3.05, 3.63) is 42.2 Å². The van der Waals surface area contributed by atoms with Gasteiger partial charge in [-0.05, 0) is 12.1 Å². The van der Waals surface area contributed by atoms with Crippen molar-refractivity contribution in [3.63, 3.8) is 0 Å². The van der Waals surface area contributed by atoms with Gasteiger partial charge in [0, 0.05) is 37.9 Å². The van der Waals surface area contributed by atoms with Crippen molar-refractivity contribution in [2.24, 2.45) is 5.73 Å². The summed E-state index contributed by atoms with van der Waals surface area (Å²) in [5.41, 5.74) is 9.26. The van der Waals surface area contributed by atoms with Crippen LogP contribution < -0.4 is 16.1 Å². The van der Waals surface area contributed by atoms with Crippen molar-refractivity contribution < 1.29 is 9.63 Å². The Balaban J connectivity index is 1.58. The maximum atomic E-state index is 11.0. The van der Waals surface area contributed by atoms with Gasteiger partial charge in [0.25, 0.3) is 5.91 Å². The monoisotopic (exact) mass is 274 g/mol. The number of primary amides is 1. The Bertz CT molecular complexity index is 509. The molecule has 1 aromatic rings. The first-order valence-corrected chi connectivity index (χ1v) is 6.72. The fraction of sp³-hybridized carbons (Fsp3) is 0.357. The minimum Gasteiger partial charge on any atom is -0.401 e. The molecule has 0 radical (unpaired) electrons. The van der Waals surface area contributed by atoms with Gasteiger partial charge in [0.2, 0.25) is 5.76 Å². The van der Waals surface area contributed by atoms with E-state index >= 15 is 0 Å². The first-order chi connectivity index (χ1) is 9.74. The predicted octanol–water partition coefficient (Wildman–Crippen LogP) is 0.0387. The van der Waals surface area contributed by atoms with Crippen LogP contribution in [0.4, 0.5) is 5.69 Å².